The molecule has 4 heteroatoms. The number of carbonyl (C=O) groups is 1. The molecule has 4 nitrogen and oxygen atoms in total. The number of rotatable bonds is 4. The standard InChI is InChI=1S/C12H24N2O2/c1-4-7-13-11-6-8-14(9-10(11)3)12(15)16-5-2/h10-11,13H,4-9H2,1-3H3. The summed E-state index contributed by atoms with van der Waals surface area (Å²) >= 11 is 0. The van der Waals surface area contributed by atoms with Crippen LogP contribution in [0.15, 0.2) is 0 Å². The molecule has 0 saturated carbocycles. The Bertz CT molecular complexity index is 221. The first-order valence-electron chi connectivity index (χ1n) is 6.34. The fourth-order valence-corrected chi connectivity index (χ4v) is 2.16. The Morgan fingerprint density at radius 1 is 1.50 bits per heavy atom. The zero-order chi connectivity index (χ0) is 12.0. The van der Waals surface area contributed by atoms with Crippen LogP contribution in [0, 0.1) is 5.92 Å². The lowest BCUT2D eigenvalue weighted by Crippen LogP contribution is -2.50. The Labute approximate surface area is 98.3 Å². The molecule has 1 heterocycles. The van der Waals surface area contributed by atoms with Gasteiger partial charge in [0, 0.05) is 19.1 Å². The van der Waals surface area contributed by atoms with E-state index in [-0.39, 0.29) is 6.09 Å². The number of likely N-dealkylation sites (tertiary alicyclic amines) is 1. The molecule has 0 radical (unpaired) electrons. The van der Waals surface area contributed by atoms with Crippen LogP contribution in [0.25, 0.3) is 0 Å². The average molecular weight is 228 g/mol. The van der Waals surface area contributed by atoms with Crippen molar-refractivity contribution in [1.82, 2.24) is 10.2 Å². The molecule has 1 rings (SSSR count). The van der Waals surface area contributed by atoms with Crippen molar-refractivity contribution in [3.63, 3.8) is 0 Å². The summed E-state index contributed by atoms with van der Waals surface area (Å²) in [6.07, 6.45) is 2.02. The van der Waals surface area contributed by atoms with Crippen molar-refractivity contribution in [1.29, 1.82) is 0 Å². The number of nitrogens with one attached hydrogen (secondary N) is 1. The third kappa shape index (κ3) is 3.67. The third-order valence-corrected chi connectivity index (χ3v) is 3.09. The first kappa shape index (κ1) is 13.3. The van der Waals surface area contributed by atoms with E-state index < -0.39 is 0 Å². The fourth-order valence-electron chi connectivity index (χ4n) is 2.16. The molecule has 0 aliphatic carbocycles. The molecule has 1 fully saturated rings. The second kappa shape index (κ2) is 6.74. The molecule has 1 aliphatic rings. The predicted octanol–water partition coefficient (Wildman–Crippen LogP) is 1.85. The molecule has 0 aromatic heterocycles. The van der Waals surface area contributed by atoms with Crippen molar-refractivity contribution < 1.29 is 9.53 Å². The zero-order valence-corrected chi connectivity index (χ0v) is 10.7. The van der Waals surface area contributed by atoms with E-state index in [0.29, 0.717) is 18.6 Å². The molecule has 2 atom stereocenters. The quantitative estimate of drug-likeness (QED) is 0.798. The third-order valence-electron chi connectivity index (χ3n) is 3.09. The van der Waals surface area contributed by atoms with E-state index in [0.717, 1.165) is 32.5 Å². The lowest BCUT2D eigenvalue weighted by atomic mass is 9.94. The van der Waals surface area contributed by atoms with Gasteiger partial charge in [-0.1, -0.05) is 13.8 Å². The van der Waals surface area contributed by atoms with Crippen molar-refractivity contribution in [3.8, 4) is 0 Å². The van der Waals surface area contributed by atoms with Gasteiger partial charge in [-0.15, -0.1) is 0 Å². The smallest absolute Gasteiger partial charge is 0.409 e. The van der Waals surface area contributed by atoms with Crippen molar-refractivity contribution in [2.24, 2.45) is 5.92 Å². The molecule has 0 aromatic rings. The first-order chi connectivity index (χ1) is 7.69. The van der Waals surface area contributed by atoms with Gasteiger partial charge in [0.25, 0.3) is 0 Å². The van der Waals surface area contributed by atoms with Crippen LogP contribution >= 0.6 is 0 Å². The van der Waals surface area contributed by atoms with Gasteiger partial charge < -0.3 is 15.0 Å². The molecule has 0 aromatic carbocycles. The highest BCUT2D eigenvalue weighted by Gasteiger charge is 2.28. The summed E-state index contributed by atoms with van der Waals surface area (Å²) in [5, 5.41) is 3.53. The van der Waals surface area contributed by atoms with Crippen LogP contribution < -0.4 is 5.32 Å². The van der Waals surface area contributed by atoms with Crippen LogP contribution in [0.2, 0.25) is 0 Å². The van der Waals surface area contributed by atoms with E-state index in [9.17, 15) is 4.79 Å². The van der Waals surface area contributed by atoms with Gasteiger partial charge in [-0.3, -0.25) is 0 Å². The highest BCUT2D eigenvalue weighted by atomic mass is 16.6. The Morgan fingerprint density at radius 2 is 2.25 bits per heavy atom. The molecule has 0 spiro atoms. The normalized spacial score (nSPS) is 25.6. The van der Waals surface area contributed by atoms with Crippen LogP contribution in [0.1, 0.15) is 33.6 Å². The first-order valence-corrected chi connectivity index (χ1v) is 6.34. The SMILES string of the molecule is CCCNC1CCN(C(=O)OCC)CC1C. The molecule has 1 aliphatic heterocycles. The van der Waals surface area contributed by atoms with Crippen LogP contribution in [0.5, 0.6) is 0 Å². The average Bonchev–Trinajstić information content (AvgIpc) is 2.27. The summed E-state index contributed by atoms with van der Waals surface area (Å²) in [5.74, 6) is 0.504. The monoisotopic (exact) mass is 228 g/mol. The Hall–Kier alpha value is -0.770. The molecule has 1 N–H and O–H groups in total. The number of ether oxygens (including phenoxy) is 1. The maximum Gasteiger partial charge on any atom is 0.409 e. The van der Waals surface area contributed by atoms with E-state index in [1.54, 1.807) is 0 Å². The van der Waals surface area contributed by atoms with E-state index in [2.05, 4.69) is 19.2 Å². The van der Waals surface area contributed by atoms with Crippen LogP contribution in [0.4, 0.5) is 4.79 Å². The minimum absolute atomic E-state index is 0.164. The highest BCUT2D eigenvalue weighted by Crippen LogP contribution is 2.17. The molecular weight excluding hydrogens is 204 g/mol. The van der Waals surface area contributed by atoms with Crippen molar-refractivity contribution in [2.75, 3.05) is 26.2 Å². The largest absolute Gasteiger partial charge is 0.450 e. The Morgan fingerprint density at radius 3 is 2.81 bits per heavy atom. The molecule has 0 bridgehead atoms. The summed E-state index contributed by atoms with van der Waals surface area (Å²) in [6, 6.07) is 0.547. The predicted molar refractivity (Wildman–Crippen MR) is 64.5 cm³/mol. The van der Waals surface area contributed by atoms with E-state index in [4.69, 9.17) is 4.74 Å². The summed E-state index contributed by atoms with van der Waals surface area (Å²) < 4.78 is 5.01. The van der Waals surface area contributed by atoms with Crippen LogP contribution in [0.3, 0.4) is 0 Å². The van der Waals surface area contributed by atoms with Gasteiger partial charge in [0.05, 0.1) is 6.61 Å². The van der Waals surface area contributed by atoms with E-state index >= 15 is 0 Å². The lowest BCUT2D eigenvalue weighted by Gasteiger charge is -2.36. The van der Waals surface area contributed by atoms with Gasteiger partial charge in [-0.05, 0) is 32.2 Å². The molecule has 1 amide bonds. The Balaban J connectivity index is 2.35. The maximum atomic E-state index is 11.5. The number of hydrogen-bond acceptors (Lipinski definition) is 3. The Kier molecular flexibility index (Phi) is 5.60. The molecule has 2 unspecified atom stereocenters. The highest BCUT2D eigenvalue weighted by molar-refractivity contribution is 5.67. The van der Waals surface area contributed by atoms with Gasteiger partial charge in [0.1, 0.15) is 0 Å². The summed E-state index contributed by atoms with van der Waals surface area (Å²) in [5.41, 5.74) is 0. The molecular formula is C12H24N2O2. The minimum Gasteiger partial charge on any atom is -0.450 e. The molecule has 94 valence electrons. The van der Waals surface area contributed by atoms with E-state index in [1.807, 2.05) is 11.8 Å². The van der Waals surface area contributed by atoms with Gasteiger partial charge in [0.15, 0.2) is 0 Å². The summed E-state index contributed by atoms with van der Waals surface area (Å²) in [6.45, 7) is 9.35. The second-order valence-corrected chi connectivity index (χ2v) is 4.47. The van der Waals surface area contributed by atoms with Gasteiger partial charge in [-0.2, -0.15) is 0 Å². The number of piperidine rings is 1. The number of carbonyl (C=O) groups excluding carboxylic acids is 1. The zero-order valence-electron chi connectivity index (χ0n) is 10.7. The number of hydrogen-bond donors (Lipinski definition) is 1. The van der Waals surface area contributed by atoms with Gasteiger partial charge in [-0.25, -0.2) is 4.79 Å². The van der Waals surface area contributed by atoms with Crippen molar-refractivity contribution in [2.45, 2.75) is 39.7 Å². The van der Waals surface area contributed by atoms with Gasteiger partial charge >= 0.3 is 6.09 Å². The molecule has 16 heavy (non-hydrogen) atoms. The lowest BCUT2D eigenvalue weighted by molar-refractivity contribution is 0.0820. The maximum absolute atomic E-state index is 11.5. The number of amides is 1. The number of nitrogens with zero attached hydrogens (tertiary/aromatic N) is 1. The van der Waals surface area contributed by atoms with Crippen LogP contribution in [-0.2, 0) is 4.74 Å². The van der Waals surface area contributed by atoms with Crippen molar-refractivity contribution >= 4 is 6.09 Å². The summed E-state index contributed by atoms with van der Waals surface area (Å²) in [7, 11) is 0. The topological polar surface area (TPSA) is 41.6 Å². The van der Waals surface area contributed by atoms with E-state index in [1.165, 1.54) is 0 Å². The fraction of sp³-hybridized carbons (Fsp3) is 0.917. The van der Waals surface area contributed by atoms with Crippen LogP contribution in [-0.4, -0.2) is 43.3 Å². The molecule has 1 saturated heterocycles. The second-order valence-electron chi connectivity index (χ2n) is 4.47. The minimum atomic E-state index is -0.164. The summed E-state index contributed by atoms with van der Waals surface area (Å²) in [4.78, 5) is 13.4. The van der Waals surface area contributed by atoms with Gasteiger partial charge in [0.2, 0.25) is 0 Å². The van der Waals surface area contributed by atoms with Crippen molar-refractivity contribution in [3.05, 3.63) is 0 Å².